The van der Waals surface area contributed by atoms with Gasteiger partial charge in [0.05, 0.1) is 6.42 Å². The second-order valence-electron chi connectivity index (χ2n) is 4.69. The van der Waals surface area contributed by atoms with Gasteiger partial charge in [0, 0.05) is 12.5 Å². The standard InChI is InChI=1S/C11H19F3N2O/c1-8(6-11(12,13)14)16-10(17)3-2-9-4-5-15-7-9/h8-9,15H,2-7H2,1H3,(H,16,17). The first-order chi connectivity index (χ1) is 7.87. The summed E-state index contributed by atoms with van der Waals surface area (Å²) in [7, 11) is 0. The smallest absolute Gasteiger partial charge is 0.353 e. The molecule has 0 aromatic rings. The maximum atomic E-state index is 12.0. The maximum absolute atomic E-state index is 12.0. The normalized spacial score (nSPS) is 22.5. The quantitative estimate of drug-likeness (QED) is 0.783. The Balaban J connectivity index is 2.15. The molecular formula is C11H19F3N2O. The van der Waals surface area contributed by atoms with E-state index in [1.165, 1.54) is 6.92 Å². The van der Waals surface area contributed by atoms with Gasteiger partial charge in [-0.05, 0) is 38.8 Å². The molecule has 0 saturated carbocycles. The molecule has 1 heterocycles. The van der Waals surface area contributed by atoms with Gasteiger partial charge in [-0.3, -0.25) is 4.79 Å². The van der Waals surface area contributed by atoms with Crippen LogP contribution in [0.5, 0.6) is 0 Å². The molecule has 0 radical (unpaired) electrons. The first kappa shape index (κ1) is 14.3. The van der Waals surface area contributed by atoms with E-state index in [2.05, 4.69) is 10.6 Å². The van der Waals surface area contributed by atoms with Crippen LogP contribution in [0, 0.1) is 5.92 Å². The number of alkyl halides is 3. The molecule has 6 heteroatoms. The van der Waals surface area contributed by atoms with Gasteiger partial charge < -0.3 is 10.6 Å². The van der Waals surface area contributed by atoms with E-state index >= 15 is 0 Å². The molecule has 1 fully saturated rings. The fourth-order valence-electron chi connectivity index (χ4n) is 2.04. The van der Waals surface area contributed by atoms with Crippen molar-refractivity contribution in [3.63, 3.8) is 0 Å². The van der Waals surface area contributed by atoms with Gasteiger partial charge >= 0.3 is 6.18 Å². The zero-order valence-corrected chi connectivity index (χ0v) is 9.94. The van der Waals surface area contributed by atoms with E-state index in [-0.39, 0.29) is 5.91 Å². The zero-order chi connectivity index (χ0) is 12.9. The molecule has 1 amide bonds. The molecule has 100 valence electrons. The van der Waals surface area contributed by atoms with Gasteiger partial charge in [0.1, 0.15) is 0 Å². The lowest BCUT2D eigenvalue weighted by Gasteiger charge is -2.16. The second-order valence-corrected chi connectivity index (χ2v) is 4.69. The number of hydrogen-bond acceptors (Lipinski definition) is 2. The number of carbonyl (C=O) groups excluding carboxylic acids is 1. The summed E-state index contributed by atoms with van der Waals surface area (Å²) < 4.78 is 36.1. The first-order valence-electron chi connectivity index (χ1n) is 5.93. The van der Waals surface area contributed by atoms with E-state index in [1.807, 2.05) is 0 Å². The first-order valence-corrected chi connectivity index (χ1v) is 5.93. The summed E-state index contributed by atoms with van der Waals surface area (Å²) in [4.78, 5) is 11.4. The van der Waals surface area contributed by atoms with E-state index in [0.717, 1.165) is 25.9 Å². The molecule has 0 aromatic carbocycles. The molecule has 0 aliphatic carbocycles. The Kier molecular flexibility index (Phi) is 5.24. The van der Waals surface area contributed by atoms with Crippen LogP contribution in [0.2, 0.25) is 0 Å². The molecule has 0 bridgehead atoms. The Morgan fingerprint density at radius 3 is 2.76 bits per heavy atom. The van der Waals surface area contributed by atoms with Crippen LogP contribution in [0.1, 0.15) is 32.6 Å². The van der Waals surface area contributed by atoms with E-state index in [1.54, 1.807) is 0 Å². The Bertz CT molecular complexity index is 250. The van der Waals surface area contributed by atoms with E-state index < -0.39 is 18.6 Å². The van der Waals surface area contributed by atoms with Crippen LogP contribution in [0.15, 0.2) is 0 Å². The highest BCUT2D eigenvalue weighted by atomic mass is 19.4. The van der Waals surface area contributed by atoms with Crippen molar-refractivity contribution in [3.8, 4) is 0 Å². The monoisotopic (exact) mass is 252 g/mol. The lowest BCUT2D eigenvalue weighted by Crippen LogP contribution is -2.36. The van der Waals surface area contributed by atoms with Gasteiger partial charge in [-0.25, -0.2) is 0 Å². The fourth-order valence-corrected chi connectivity index (χ4v) is 2.04. The lowest BCUT2D eigenvalue weighted by molar-refractivity contribution is -0.141. The minimum Gasteiger partial charge on any atom is -0.353 e. The van der Waals surface area contributed by atoms with Crippen LogP contribution in [0.25, 0.3) is 0 Å². The molecule has 2 unspecified atom stereocenters. The summed E-state index contributed by atoms with van der Waals surface area (Å²) in [5.41, 5.74) is 0. The highest BCUT2D eigenvalue weighted by molar-refractivity contribution is 5.76. The van der Waals surface area contributed by atoms with Crippen molar-refractivity contribution in [2.24, 2.45) is 5.92 Å². The van der Waals surface area contributed by atoms with Crippen LogP contribution in [-0.2, 0) is 4.79 Å². The van der Waals surface area contributed by atoms with Gasteiger partial charge in [0.2, 0.25) is 5.91 Å². The average molecular weight is 252 g/mol. The number of rotatable bonds is 5. The van der Waals surface area contributed by atoms with E-state index in [0.29, 0.717) is 12.3 Å². The fraction of sp³-hybridized carbons (Fsp3) is 0.909. The predicted octanol–water partition coefficient (Wildman–Crippen LogP) is 1.83. The van der Waals surface area contributed by atoms with Crippen molar-refractivity contribution < 1.29 is 18.0 Å². The summed E-state index contributed by atoms with van der Waals surface area (Å²) in [5, 5.41) is 5.57. The Morgan fingerprint density at radius 2 is 2.24 bits per heavy atom. The average Bonchev–Trinajstić information content (AvgIpc) is 2.63. The van der Waals surface area contributed by atoms with Crippen LogP contribution >= 0.6 is 0 Å². The number of amides is 1. The summed E-state index contributed by atoms with van der Waals surface area (Å²) in [6.07, 6.45) is -3.08. The lowest BCUT2D eigenvalue weighted by atomic mass is 10.0. The highest BCUT2D eigenvalue weighted by Gasteiger charge is 2.30. The molecule has 1 rings (SSSR count). The summed E-state index contributed by atoms with van der Waals surface area (Å²) in [6, 6.07) is -0.843. The summed E-state index contributed by atoms with van der Waals surface area (Å²) >= 11 is 0. The maximum Gasteiger partial charge on any atom is 0.391 e. The Hall–Kier alpha value is -0.780. The number of carbonyl (C=O) groups is 1. The van der Waals surface area contributed by atoms with Gasteiger partial charge in [-0.15, -0.1) is 0 Å². The second kappa shape index (κ2) is 6.23. The van der Waals surface area contributed by atoms with Crippen molar-refractivity contribution >= 4 is 5.91 Å². The van der Waals surface area contributed by atoms with Crippen LogP contribution in [0.4, 0.5) is 13.2 Å². The highest BCUT2D eigenvalue weighted by Crippen LogP contribution is 2.21. The van der Waals surface area contributed by atoms with Gasteiger partial charge in [0.25, 0.3) is 0 Å². The summed E-state index contributed by atoms with van der Waals surface area (Å²) in [6.45, 7) is 3.25. The Morgan fingerprint density at radius 1 is 1.53 bits per heavy atom. The summed E-state index contributed by atoms with van der Waals surface area (Å²) in [5.74, 6) is 0.201. The van der Waals surface area contributed by atoms with Gasteiger partial charge in [0.15, 0.2) is 0 Å². The molecule has 1 aliphatic heterocycles. The minimum absolute atomic E-state index is 0.284. The van der Waals surface area contributed by atoms with Gasteiger partial charge in [-0.1, -0.05) is 0 Å². The molecular weight excluding hydrogens is 233 g/mol. The third-order valence-electron chi connectivity index (χ3n) is 2.89. The van der Waals surface area contributed by atoms with Crippen LogP contribution in [-0.4, -0.2) is 31.2 Å². The molecule has 1 saturated heterocycles. The molecule has 0 aromatic heterocycles. The predicted molar refractivity (Wildman–Crippen MR) is 58.5 cm³/mol. The minimum atomic E-state index is -4.22. The van der Waals surface area contributed by atoms with Gasteiger partial charge in [-0.2, -0.15) is 13.2 Å². The SMILES string of the molecule is CC(CC(F)(F)F)NC(=O)CCC1CCNC1. The number of hydrogen-bond donors (Lipinski definition) is 2. The number of nitrogens with one attached hydrogen (secondary N) is 2. The zero-order valence-electron chi connectivity index (χ0n) is 9.94. The third-order valence-corrected chi connectivity index (χ3v) is 2.89. The van der Waals surface area contributed by atoms with Crippen molar-refractivity contribution in [1.82, 2.24) is 10.6 Å². The molecule has 2 N–H and O–H groups in total. The van der Waals surface area contributed by atoms with E-state index in [9.17, 15) is 18.0 Å². The largest absolute Gasteiger partial charge is 0.391 e. The number of halogens is 3. The van der Waals surface area contributed by atoms with Crippen LogP contribution in [0.3, 0.4) is 0 Å². The van der Waals surface area contributed by atoms with E-state index in [4.69, 9.17) is 0 Å². The third kappa shape index (κ3) is 6.51. The van der Waals surface area contributed by atoms with Crippen molar-refractivity contribution in [1.29, 1.82) is 0 Å². The molecule has 17 heavy (non-hydrogen) atoms. The molecule has 2 atom stereocenters. The topological polar surface area (TPSA) is 41.1 Å². The van der Waals surface area contributed by atoms with Crippen molar-refractivity contribution in [3.05, 3.63) is 0 Å². The molecule has 1 aliphatic rings. The van der Waals surface area contributed by atoms with Crippen LogP contribution < -0.4 is 10.6 Å². The van der Waals surface area contributed by atoms with Crippen molar-refractivity contribution in [2.75, 3.05) is 13.1 Å². The van der Waals surface area contributed by atoms with Crippen molar-refractivity contribution in [2.45, 2.75) is 44.8 Å². The Labute approximate surface area is 99.1 Å². The molecule has 0 spiro atoms. The molecule has 3 nitrogen and oxygen atoms in total.